The number of hydrogen-bond donors (Lipinski definition) is 1. The monoisotopic (exact) mass is 391 g/mol. The molecule has 1 heterocycles. The van der Waals surface area contributed by atoms with Crippen molar-refractivity contribution >= 4 is 16.7 Å². The minimum atomic E-state index is 0.828. The van der Waals surface area contributed by atoms with Gasteiger partial charge in [0, 0.05) is 12.2 Å². The number of fused-ring (bicyclic) bond motifs is 1. The smallest absolute Gasteiger partial charge is 0.126 e. The molecule has 0 radical (unpaired) electrons. The number of aromatic nitrogens is 2. The number of para-hydroxylation sites is 2. The second-order valence-electron chi connectivity index (χ2n) is 8.29. The lowest BCUT2D eigenvalue weighted by molar-refractivity contribution is 0.560. The summed E-state index contributed by atoms with van der Waals surface area (Å²) in [5.41, 5.74) is 4.76. The van der Waals surface area contributed by atoms with Crippen LogP contribution in [0.25, 0.3) is 11.0 Å². The van der Waals surface area contributed by atoms with Gasteiger partial charge in [-0.3, -0.25) is 0 Å². The second kappa shape index (κ2) is 11.6. The van der Waals surface area contributed by atoms with E-state index in [1.807, 2.05) is 6.07 Å². The molecule has 0 aliphatic heterocycles. The number of nitrogens with one attached hydrogen (secondary N) is 1. The van der Waals surface area contributed by atoms with Gasteiger partial charge in [0.05, 0.1) is 17.6 Å². The van der Waals surface area contributed by atoms with Crippen LogP contribution in [0.3, 0.4) is 0 Å². The predicted octanol–water partition coefficient (Wildman–Crippen LogP) is 7.41. The highest BCUT2D eigenvalue weighted by Gasteiger charge is 2.10. The van der Waals surface area contributed by atoms with Gasteiger partial charge in [-0.25, -0.2) is 4.98 Å². The molecular weight excluding hydrogens is 354 g/mol. The summed E-state index contributed by atoms with van der Waals surface area (Å²) < 4.78 is 0. The highest BCUT2D eigenvalue weighted by molar-refractivity contribution is 5.74. The molecule has 0 spiro atoms. The number of H-pyrrole nitrogens is 1. The van der Waals surface area contributed by atoms with Crippen LogP contribution in [-0.4, -0.2) is 16.5 Å². The molecule has 3 nitrogen and oxygen atoms in total. The lowest BCUT2D eigenvalue weighted by Crippen LogP contribution is -2.24. The molecule has 0 amide bonds. The topological polar surface area (TPSA) is 31.9 Å². The molecule has 3 rings (SSSR count). The van der Waals surface area contributed by atoms with Crippen molar-refractivity contribution in [2.45, 2.75) is 78.2 Å². The molecule has 1 N–H and O–H groups in total. The maximum absolute atomic E-state index is 4.79. The number of nitrogens with zero attached hydrogens (tertiary/aromatic N) is 2. The number of unbranched alkanes of at least 4 members (excludes halogenated alkanes) is 8. The van der Waals surface area contributed by atoms with Crippen molar-refractivity contribution in [3.63, 3.8) is 0 Å². The second-order valence-corrected chi connectivity index (χ2v) is 8.29. The first kappa shape index (κ1) is 21.4. The standard InChI is InChI=1S/C26H37N3/c1-3-4-5-6-7-8-9-10-13-20-29(23-18-16-22(2)17-19-23)21-26-27-24-14-11-12-15-25(24)28-26/h11-12,14-19H,3-10,13,20-21H2,1-2H3,(H,27,28). The van der Waals surface area contributed by atoms with E-state index in [2.05, 4.69) is 66.2 Å². The molecule has 3 heteroatoms. The molecule has 0 fully saturated rings. The van der Waals surface area contributed by atoms with E-state index >= 15 is 0 Å². The first-order chi connectivity index (χ1) is 14.3. The summed E-state index contributed by atoms with van der Waals surface area (Å²) in [5.74, 6) is 1.04. The summed E-state index contributed by atoms with van der Waals surface area (Å²) in [6, 6.07) is 17.2. The quantitative estimate of drug-likeness (QED) is 0.308. The third kappa shape index (κ3) is 6.92. The average molecular weight is 392 g/mol. The number of aryl methyl sites for hydroxylation is 1. The van der Waals surface area contributed by atoms with Crippen molar-refractivity contribution < 1.29 is 0 Å². The van der Waals surface area contributed by atoms with E-state index in [9.17, 15) is 0 Å². The van der Waals surface area contributed by atoms with Crippen molar-refractivity contribution in [1.82, 2.24) is 9.97 Å². The SMILES string of the molecule is CCCCCCCCCCCN(Cc1nc2ccccc2[nH]1)c1ccc(C)cc1. The molecule has 0 saturated heterocycles. The summed E-state index contributed by atoms with van der Waals surface area (Å²) in [5, 5.41) is 0. The van der Waals surface area contributed by atoms with Crippen LogP contribution >= 0.6 is 0 Å². The number of aromatic amines is 1. The Hall–Kier alpha value is -2.29. The van der Waals surface area contributed by atoms with E-state index in [-0.39, 0.29) is 0 Å². The molecule has 0 aliphatic carbocycles. The third-order valence-corrected chi connectivity index (χ3v) is 5.71. The molecule has 156 valence electrons. The van der Waals surface area contributed by atoms with E-state index in [1.54, 1.807) is 0 Å². The van der Waals surface area contributed by atoms with Crippen molar-refractivity contribution in [1.29, 1.82) is 0 Å². The van der Waals surface area contributed by atoms with Gasteiger partial charge < -0.3 is 9.88 Å². The van der Waals surface area contributed by atoms with E-state index in [0.29, 0.717) is 0 Å². The maximum atomic E-state index is 4.79. The van der Waals surface area contributed by atoms with Crippen molar-refractivity contribution in [2.24, 2.45) is 0 Å². The van der Waals surface area contributed by atoms with Crippen LogP contribution in [0, 0.1) is 6.92 Å². The van der Waals surface area contributed by atoms with Gasteiger partial charge in [-0.15, -0.1) is 0 Å². The Morgan fingerprint density at radius 2 is 1.45 bits per heavy atom. The fraction of sp³-hybridized carbons (Fsp3) is 0.500. The number of anilines is 1. The normalized spacial score (nSPS) is 11.2. The summed E-state index contributed by atoms with van der Waals surface area (Å²) in [4.78, 5) is 10.8. The van der Waals surface area contributed by atoms with Gasteiger partial charge in [0.1, 0.15) is 5.82 Å². The van der Waals surface area contributed by atoms with Crippen molar-refractivity contribution in [3.8, 4) is 0 Å². The van der Waals surface area contributed by atoms with Crippen LogP contribution in [0.15, 0.2) is 48.5 Å². The minimum Gasteiger partial charge on any atom is -0.364 e. The molecule has 0 bridgehead atoms. The van der Waals surface area contributed by atoms with Crippen molar-refractivity contribution in [3.05, 3.63) is 59.9 Å². The zero-order valence-corrected chi connectivity index (χ0v) is 18.3. The molecule has 2 aromatic carbocycles. The Morgan fingerprint density at radius 1 is 0.793 bits per heavy atom. The molecule has 0 unspecified atom stereocenters. The van der Waals surface area contributed by atoms with Gasteiger partial charge in [0.25, 0.3) is 0 Å². The van der Waals surface area contributed by atoms with Gasteiger partial charge in [-0.2, -0.15) is 0 Å². The zero-order chi connectivity index (χ0) is 20.3. The molecule has 3 aromatic rings. The first-order valence-corrected chi connectivity index (χ1v) is 11.5. The van der Waals surface area contributed by atoms with Crippen LogP contribution in [0.5, 0.6) is 0 Å². The minimum absolute atomic E-state index is 0.828. The summed E-state index contributed by atoms with van der Waals surface area (Å²) >= 11 is 0. The van der Waals surface area contributed by atoms with Gasteiger partial charge in [-0.05, 0) is 37.6 Å². The lowest BCUT2D eigenvalue weighted by atomic mass is 10.1. The van der Waals surface area contributed by atoms with Gasteiger partial charge >= 0.3 is 0 Å². The largest absolute Gasteiger partial charge is 0.364 e. The Balaban J connectivity index is 1.52. The fourth-order valence-electron chi connectivity index (χ4n) is 3.93. The van der Waals surface area contributed by atoms with E-state index in [0.717, 1.165) is 29.9 Å². The number of benzene rings is 2. The van der Waals surface area contributed by atoms with Gasteiger partial charge in [-0.1, -0.05) is 88.1 Å². The van der Waals surface area contributed by atoms with E-state index in [4.69, 9.17) is 4.98 Å². The van der Waals surface area contributed by atoms with Crippen LogP contribution in [-0.2, 0) is 6.54 Å². The Labute approximate surface area is 176 Å². The van der Waals surface area contributed by atoms with Crippen LogP contribution in [0.4, 0.5) is 5.69 Å². The molecule has 0 atom stereocenters. The Morgan fingerprint density at radius 3 is 2.14 bits per heavy atom. The van der Waals surface area contributed by atoms with E-state index in [1.165, 1.54) is 69.0 Å². The first-order valence-electron chi connectivity index (χ1n) is 11.5. The summed E-state index contributed by atoms with van der Waals surface area (Å²) in [7, 11) is 0. The molecule has 0 aliphatic rings. The predicted molar refractivity (Wildman–Crippen MR) is 126 cm³/mol. The van der Waals surface area contributed by atoms with Crippen LogP contribution < -0.4 is 4.90 Å². The lowest BCUT2D eigenvalue weighted by Gasteiger charge is -2.24. The van der Waals surface area contributed by atoms with Crippen LogP contribution in [0.1, 0.15) is 76.1 Å². The Bertz CT molecular complexity index is 802. The number of imidazole rings is 1. The molecular formula is C26H37N3. The summed E-state index contributed by atoms with van der Waals surface area (Å²) in [6.07, 6.45) is 12.3. The zero-order valence-electron chi connectivity index (χ0n) is 18.3. The number of rotatable bonds is 13. The molecule has 1 aromatic heterocycles. The van der Waals surface area contributed by atoms with Gasteiger partial charge in [0.15, 0.2) is 0 Å². The third-order valence-electron chi connectivity index (χ3n) is 5.71. The van der Waals surface area contributed by atoms with Crippen LogP contribution in [0.2, 0.25) is 0 Å². The highest BCUT2D eigenvalue weighted by Crippen LogP contribution is 2.20. The summed E-state index contributed by atoms with van der Waals surface area (Å²) in [6.45, 7) is 6.34. The maximum Gasteiger partial charge on any atom is 0.126 e. The fourth-order valence-corrected chi connectivity index (χ4v) is 3.93. The van der Waals surface area contributed by atoms with Gasteiger partial charge in [0.2, 0.25) is 0 Å². The molecule has 29 heavy (non-hydrogen) atoms. The van der Waals surface area contributed by atoms with E-state index < -0.39 is 0 Å². The molecule has 0 saturated carbocycles. The Kier molecular flexibility index (Phi) is 8.60. The highest BCUT2D eigenvalue weighted by atomic mass is 15.2. The number of hydrogen-bond acceptors (Lipinski definition) is 2. The van der Waals surface area contributed by atoms with Crippen molar-refractivity contribution in [2.75, 3.05) is 11.4 Å². The average Bonchev–Trinajstić information content (AvgIpc) is 3.15.